The van der Waals surface area contributed by atoms with E-state index in [1.54, 1.807) is 69.2 Å². The van der Waals surface area contributed by atoms with E-state index >= 15 is 0 Å². The van der Waals surface area contributed by atoms with Crippen LogP contribution in [0, 0.1) is 11.8 Å². The fraction of sp³-hybridized carbons (Fsp3) is 0.760. The van der Waals surface area contributed by atoms with Crippen LogP contribution in [-0.2, 0) is 62.2 Å². The zero-order valence-corrected chi connectivity index (χ0v) is 47.3. The van der Waals surface area contributed by atoms with E-state index in [1.165, 1.54) is 38.0 Å². The molecule has 2 rings (SSSR count). The van der Waals surface area contributed by atoms with Crippen molar-refractivity contribution in [1.82, 2.24) is 50.7 Å². The van der Waals surface area contributed by atoms with Crippen molar-refractivity contribution in [2.75, 3.05) is 80.6 Å². The predicted octanol–water partition coefficient (Wildman–Crippen LogP) is -0.763. The zero-order valence-electron chi connectivity index (χ0n) is 47.3. The summed E-state index contributed by atoms with van der Waals surface area (Å²) >= 11 is 0. The van der Waals surface area contributed by atoms with E-state index in [1.807, 2.05) is 0 Å². The minimum atomic E-state index is -1.55. The third-order valence-electron chi connectivity index (χ3n) is 12.6. The number of carbonyl (C=O) groups excluding carboxylic acids is 11. The van der Waals surface area contributed by atoms with Gasteiger partial charge in [-0.05, 0) is 91.9 Å². The Balaban J connectivity index is 2.21. The van der Waals surface area contributed by atoms with E-state index in [2.05, 4.69) is 21.3 Å². The molecule has 2 saturated heterocycles. The molecule has 27 heteroatoms. The number of hydrogen-bond acceptors (Lipinski definition) is 16. The van der Waals surface area contributed by atoms with Crippen molar-refractivity contribution >= 4 is 71.4 Å². The Kier molecular flexibility index (Phi) is 25.5. The maximum atomic E-state index is 14.4. The first-order valence-corrected chi connectivity index (χ1v) is 25.9. The lowest BCUT2D eigenvalue weighted by Crippen LogP contribution is -2.61. The van der Waals surface area contributed by atoms with Crippen LogP contribution in [0.5, 0.6) is 0 Å². The molecule has 0 aromatic carbocycles. The minimum Gasteiger partial charge on any atom is -0.480 e. The minimum absolute atomic E-state index is 0.0627. The van der Waals surface area contributed by atoms with Gasteiger partial charge in [0, 0.05) is 47.8 Å². The van der Waals surface area contributed by atoms with Crippen molar-refractivity contribution in [3.8, 4) is 0 Å². The van der Waals surface area contributed by atoms with Crippen molar-refractivity contribution in [2.45, 2.75) is 155 Å². The quantitative estimate of drug-likeness (QED) is 0.0541. The molecule has 0 aliphatic carbocycles. The highest BCUT2D eigenvalue weighted by atomic mass is 16.6. The van der Waals surface area contributed by atoms with E-state index < -0.39 is 157 Å². The number of piperidine rings is 2. The summed E-state index contributed by atoms with van der Waals surface area (Å²) in [5.74, 6) is -8.69. The van der Waals surface area contributed by atoms with Crippen LogP contribution < -0.4 is 27.0 Å². The van der Waals surface area contributed by atoms with Crippen molar-refractivity contribution in [3.63, 3.8) is 0 Å². The second-order valence-electron chi connectivity index (χ2n) is 22.0. The molecular formula is C50H85N11O16. The number of likely N-dealkylation sites (tertiary alicyclic amines) is 2. The zero-order chi connectivity index (χ0) is 58.9. The number of ether oxygens (including phenoxy) is 3. The van der Waals surface area contributed by atoms with Crippen LogP contribution in [0.15, 0.2) is 0 Å². The van der Waals surface area contributed by atoms with Gasteiger partial charge in [0.1, 0.15) is 54.1 Å². The van der Waals surface area contributed by atoms with Crippen LogP contribution in [0.1, 0.15) is 108 Å². The van der Waals surface area contributed by atoms with Crippen molar-refractivity contribution in [2.24, 2.45) is 17.6 Å². The first kappa shape index (κ1) is 66.3. The molecule has 0 unspecified atom stereocenters. The van der Waals surface area contributed by atoms with Crippen molar-refractivity contribution < 1.29 is 76.9 Å². The number of likely N-dealkylation sites (N-methyl/N-ethyl adjacent to an activating group) is 4. The lowest BCUT2D eigenvalue weighted by Gasteiger charge is -2.37. The lowest BCUT2D eigenvalue weighted by molar-refractivity contribution is -0.160. The second-order valence-corrected chi connectivity index (χ2v) is 22.0. The van der Waals surface area contributed by atoms with Gasteiger partial charge in [-0.1, -0.05) is 27.7 Å². The van der Waals surface area contributed by atoms with E-state index in [-0.39, 0.29) is 39.0 Å². The number of nitrogens with one attached hydrogen (secondary N) is 4. The van der Waals surface area contributed by atoms with Gasteiger partial charge in [-0.2, -0.15) is 0 Å². The molecule has 2 aliphatic rings. The van der Waals surface area contributed by atoms with E-state index in [9.17, 15) is 62.6 Å². The van der Waals surface area contributed by atoms with E-state index in [0.717, 1.165) is 19.6 Å². The Hall–Kier alpha value is -6.80. The Morgan fingerprint density at radius 3 is 1.52 bits per heavy atom. The number of carbonyl (C=O) groups is 12. The first-order valence-electron chi connectivity index (χ1n) is 25.9. The molecule has 0 bridgehead atoms. The van der Waals surface area contributed by atoms with Gasteiger partial charge in [-0.25, -0.2) is 19.2 Å². The van der Waals surface area contributed by atoms with Crippen LogP contribution in [0.2, 0.25) is 0 Å². The molecule has 2 heterocycles. The Morgan fingerprint density at radius 2 is 1.05 bits per heavy atom. The number of amides is 10. The number of carboxylic acids is 1. The summed E-state index contributed by atoms with van der Waals surface area (Å²) in [6.45, 7) is 13.3. The average molecular weight is 1100 g/mol. The Morgan fingerprint density at radius 1 is 0.610 bits per heavy atom. The Labute approximate surface area is 451 Å². The molecule has 2 aliphatic heterocycles. The monoisotopic (exact) mass is 1100 g/mol. The van der Waals surface area contributed by atoms with Gasteiger partial charge >= 0.3 is 24.1 Å². The summed E-state index contributed by atoms with van der Waals surface area (Å²) in [5.41, 5.74) is 3.47. The molecule has 0 aromatic rings. The molecule has 10 amide bonds. The summed E-state index contributed by atoms with van der Waals surface area (Å²) in [5, 5.41) is 19.9. The lowest BCUT2D eigenvalue weighted by atomic mass is 9.99. The summed E-state index contributed by atoms with van der Waals surface area (Å²) < 4.78 is 16.3. The smallest absolute Gasteiger partial charge is 0.408 e. The van der Waals surface area contributed by atoms with Crippen LogP contribution in [0.25, 0.3) is 0 Å². The fourth-order valence-corrected chi connectivity index (χ4v) is 8.64. The van der Waals surface area contributed by atoms with E-state index in [0.29, 0.717) is 25.7 Å². The molecule has 6 atom stereocenters. The maximum Gasteiger partial charge on any atom is 0.408 e. The predicted molar refractivity (Wildman–Crippen MR) is 277 cm³/mol. The number of alkyl carbamates (subject to hydrolysis) is 2. The van der Waals surface area contributed by atoms with Crippen LogP contribution >= 0.6 is 0 Å². The average Bonchev–Trinajstić information content (AvgIpc) is 3.33. The van der Waals surface area contributed by atoms with Crippen LogP contribution in [0.4, 0.5) is 9.59 Å². The van der Waals surface area contributed by atoms with Gasteiger partial charge in [0.2, 0.25) is 47.3 Å². The number of rotatable bonds is 23. The molecule has 27 nitrogen and oxygen atoms in total. The van der Waals surface area contributed by atoms with Crippen LogP contribution in [0.3, 0.4) is 0 Å². The standard InChI is InChI=1S/C50H85N11O16/c1-29(2)39(58(13)37(64)26-56(11)35(62)23-51)42(67)52-24-31(54-47(73)76-49(5,6)7)43(68)60-21-17-15-19-33(60)41(66)53-25-36(63)57(12)27-38(65)59(14)40(30(3)4)46(72)75-28-32(55-48(74)77-50(8,9)10)44(69)61-22-18-16-20-34(61)45(70)71/h29-34,39-40H,15-28,51H2,1-14H3,(H,52,67)(H,53,66)(H,54,73)(H,55,74)(H,70,71)/t31-,32-,33+,34+,39+,40+/m1/s1. The van der Waals surface area contributed by atoms with Gasteiger partial charge in [0.15, 0.2) is 0 Å². The summed E-state index contributed by atoms with van der Waals surface area (Å²) in [7, 11) is 5.39. The first-order chi connectivity index (χ1) is 35.6. The SMILES string of the molecule is CC(C)[C@@H](C(=O)NC[C@@H](NC(=O)OC(C)(C)C)C(=O)N1CCCC[C@H]1C(=O)NCC(=O)N(C)CC(=O)N(C)[C@H](C(=O)OC[C@@H](NC(=O)OC(C)(C)C)C(=O)N1CCCC[C@H]1C(=O)O)C(C)C)N(C)C(=O)CN(C)C(=O)CN. The topological polar surface area (TPSA) is 346 Å². The molecule has 0 saturated carbocycles. The normalized spacial score (nSPS) is 17.3. The van der Waals surface area contributed by atoms with Gasteiger partial charge in [0.25, 0.3) is 0 Å². The number of nitrogens with two attached hydrogens (primary N) is 1. The molecule has 2 fully saturated rings. The number of hydrogen-bond donors (Lipinski definition) is 6. The maximum absolute atomic E-state index is 14.4. The third kappa shape index (κ3) is 20.9. The van der Waals surface area contributed by atoms with Crippen LogP contribution in [-0.4, -0.2) is 234 Å². The molecule has 0 spiro atoms. The molecule has 0 aromatic heterocycles. The third-order valence-corrected chi connectivity index (χ3v) is 12.6. The number of esters is 1. The second kappa shape index (κ2) is 29.6. The summed E-state index contributed by atoms with van der Waals surface area (Å²) in [6, 6.07) is -7.67. The Bertz CT molecular complexity index is 2140. The van der Waals surface area contributed by atoms with Crippen molar-refractivity contribution in [3.05, 3.63) is 0 Å². The number of aliphatic carboxylic acids is 1. The van der Waals surface area contributed by atoms with Gasteiger partial charge in [0.05, 0.1) is 26.2 Å². The fourth-order valence-electron chi connectivity index (χ4n) is 8.64. The highest BCUT2D eigenvalue weighted by Crippen LogP contribution is 2.22. The highest BCUT2D eigenvalue weighted by molar-refractivity contribution is 5.95. The number of nitrogens with zero attached hydrogens (tertiary/aromatic N) is 6. The molecule has 7 N–H and O–H groups in total. The summed E-state index contributed by atoms with van der Waals surface area (Å²) in [6.07, 6.45) is 0.394. The van der Waals surface area contributed by atoms with Gasteiger partial charge in [-0.15, -0.1) is 0 Å². The molecule has 77 heavy (non-hydrogen) atoms. The molecule has 436 valence electrons. The molecular weight excluding hydrogens is 1010 g/mol. The van der Waals surface area contributed by atoms with Gasteiger partial charge < -0.3 is 75.7 Å². The number of carboxylic acid groups (broad SMARTS) is 1. The largest absolute Gasteiger partial charge is 0.480 e. The molecule has 0 radical (unpaired) electrons. The summed E-state index contributed by atoms with van der Waals surface area (Å²) in [4.78, 5) is 166. The highest BCUT2D eigenvalue weighted by Gasteiger charge is 2.41. The van der Waals surface area contributed by atoms with E-state index in [4.69, 9.17) is 19.9 Å². The van der Waals surface area contributed by atoms with Gasteiger partial charge in [-0.3, -0.25) is 38.4 Å². The van der Waals surface area contributed by atoms with Crippen molar-refractivity contribution in [1.29, 1.82) is 0 Å².